The van der Waals surface area contributed by atoms with Crippen LogP contribution in [0, 0.1) is 5.92 Å². The first-order chi connectivity index (χ1) is 19.3. The maximum atomic E-state index is 14.2. The van der Waals surface area contributed by atoms with Gasteiger partial charge in [-0.15, -0.1) is 0 Å². The fourth-order valence-corrected chi connectivity index (χ4v) is 5.39. The first-order valence-corrected chi connectivity index (χ1v) is 14.3. The van der Waals surface area contributed by atoms with Crippen LogP contribution in [0.2, 0.25) is 0 Å². The van der Waals surface area contributed by atoms with Crippen molar-refractivity contribution in [3.8, 4) is 0 Å². The quantitative estimate of drug-likeness (QED) is 0.245. The van der Waals surface area contributed by atoms with Crippen LogP contribution in [0.1, 0.15) is 35.3 Å². The van der Waals surface area contributed by atoms with E-state index in [1.54, 1.807) is 15.9 Å². The van der Waals surface area contributed by atoms with Gasteiger partial charge in [-0.1, -0.05) is 96.5 Å². The molecule has 0 aliphatic carbocycles. The van der Waals surface area contributed by atoms with E-state index in [-0.39, 0.29) is 36.7 Å². The van der Waals surface area contributed by atoms with Crippen LogP contribution >= 0.6 is 15.9 Å². The van der Waals surface area contributed by atoms with Gasteiger partial charge in [-0.05, 0) is 46.7 Å². The first-order valence-electron chi connectivity index (χ1n) is 13.5. The van der Waals surface area contributed by atoms with Crippen LogP contribution in [-0.2, 0) is 22.6 Å². The van der Waals surface area contributed by atoms with E-state index in [1.165, 1.54) is 0 Å². The normalized spacial score (nSPS) is 13.1. The molecule has 3 amide bonds. The van der Waals surface area contributed by atoms with E-state index in [1.807, 2.05) is 98.8 Å². The van der Waals surface area contributed by atoms with Gasteiger partial charge >= 0.3 is 0 Å². The molecule has 40 heavy (non-hydrogen) atoms. The molecule has 4 aromatic carbocycles. The van der Waals surface area contributed by atoms with E-state index in [2.05, 4.69) is 21.2 Å². The molecule has 0 unspecified atom stereocenters. The predicted octanol–water partition coefficient (Wildman–Crippen LogP) is 5.97. The van der Waals surface area contributed by atoms with Gasteiger partial charge in [0.25, 0.3) is 5.91 Å². The van der Waals surface area contributed by atoms with Crippen LogP contribution in [0.25, 0.3) is 10.8 Å². The van der Waals surface area contributed by atoms with Gasteiger partial charge in [0.1, 0.15) is 12.6 Å². The number of nitrogens with zero attached hydrogens (tertiary/aromatic N) is 2. The highest BCUT2D eigenvalue weighted by Crippen LogP contribution is 2.37. The Kier molecular flexibility index (Phi) is 8.31. The minimum Gasteiger partial charge on any atom is -0.354 e. The zero-order valence-electron chi connectivity index (χ0n) is 22.6. The largest absolute Gasteiger partial charge is 0.354 e. The molecule has 0 saturated heterocycles. The molecule has 0 saturated carbocycles. The third-order valence-corrected chi connectivity index (χ3v) is 7.69. The number of hydrogen-bond donors (Lipinski definition) is 1. The summed E-state index contributed by atoms with van der Waals surface area (Å²) in [4.78, 5) is 44.5. The molecule has 4 aromatic rings. The highest BCUT2D eigenvalue weighted by Gasteiger charge is 2.35. The molecule has 5 rings (SSSR count). The molecule has 1 aliphatic heterocycles. The van der Waals surface area contributed by atoms with Crippen molar-refractivity contribution in [3.63, 3.8) is 0 Å². The minimum absolute atomic E-state index is 0.161. The second-order valence-corrected chi connectivity index (χ2v) is 11.5. The summed E-state index contributed by atoms with van der Waals surface area (Å²) in [7, 11) is 0. The van der Waals surface area contributed by atoms with Gasteiger partial charge in [0.15, 0.2) is 0 Å². The molecule has 1 aliphatic rings. The zero-order chi connectivity index (χ0) is 28.2. The van der Waals surface area contributed by atoms with Crippen molar-refractivity contribution in [2.45, 2.75) is 32.9 Å². The summed E-state index contributed by atoms with van der Waals surface area (Å²) in [5.74, 6) is -0.436. The minimum atomic E-state index is -0.756. The fraction of sp³-hybridized carbons (Fsp3) is 0.242. The molecule has 6 nitrogen and oxygen atoms in total. The van der Waals surface area contributed by atoms with E-state index in [0.717, 1.165) is 32.1 Å². The smallest absolute Gasteiger partial charge is 0.259 e. The molecular weight excluding hydrogens is 566 g/mol. The summed E-state index contributed by atoms with van der Waals surface area (Å²) in [6, 6.07) is 28.1. The molecule has 1 heterocycles. The van der Waals surface area contributed by atoms with Gasteiger partial charge in [-0.2, -0.15) is 0 Å². The summed E-state index contributed by atoms with van der Waals surface area (Å²) in [5.41, 5.74) is 3.16. The summed E-state index contributed by atoms with van der Waals surface area (Å²) >= 11 is 3.48. The lowest BCUT2D eigenvalue weighted by molar-refractivity contribution is -0.140. The van der Waals surface area contributed by atoms with Crippen LogP contribution in [0.3, 0.4) is 0 Å². The van der Waals surface area contributed by atoms with E-state index in [9.17, 15) is 14.4 Å². The number of hydrogen-bond acceptors (Lipinski definition) is 3. The topological polar surface area (TPSA) is 69.7 Å². The van der Waals surface area contributed by atoms with Crippen molar-refractivity contribution >= 4 is 50.1 Å². The van der Waals surface area contributed by atoms with Crippen LogP contribution in [0.4, 0.5) is 5.69 Å². The van der Waals surface area contributed by atoms with E-state index >= 15 is 0 Å². The van der Waals surface area contributed by atoms with Crippen molar-refractivity contribution in [2.75, 3.05) is 18.0 Å². The number of halogens is 1. The van der Waals surface area contributed by atoms with Gasteiger partial charge in [0.2, 0.25) is 11.8 Å². The number of carbonyl (C=O) groups is 3. The van der Waals surface area contributed by atoms with Gasteiger partial charge in [-0.25, -0.2) is 0 Å². The van der Waals surface area contributed by atoms with Crippen LogP contribution in [-0.4, -0.2) is 41.8 Å². The maximum absolute atomic E-state index is 14.2. The molecule has 1 atom stereocenters. The predicted molar refractivity (Wildman–Crippen MR) is 162 cm³/mol. The molecule has 7 heteroatoms. The lowest BCUT2D eigenvalue weighted by Gasteiger charge is -2.33. The highest BCUT2D eigenvalue weighted by atomic mass is 79.9. The number of rotatable bonds is 10. The van der Waals surface area contributed by atoms with Gasteiger partial charge in [0, 0.05) is 34.9 Å². The molecule has 0 spiro atoms. The zero-order valence-corrected chi connectivity index (χ0v) is 24.2. The number of benzene rings is 4. The van der Waals surface area contributed by atoms with Gasteiger partial charge < -0.3 is 10.2 Å². The molecule has 0 aromatic heterocycles. The van der Waals surface area contributed by atoms with Crippen LogP contribution in [0.5, 0.6) is 0 Å². The van der Waals surface area contributed by atoms with E-state index in [0.29, 0.717) is 18.5 Å². The standard InChI is InChI=1S/C33H32BrN3O3/c1-22(2)19-35-32(39)29(18-23-8-4-3-5-9-23)36(20-24-14-16-26(34)17-15-24)30(38)21-37-28-13-7-11-25-10-6-12-27(31(25)28)33(37)40/h3-17,22,29H,18-21H2,1-2H3,(H,35,39)/t29-/m0/s1. The first kappa shape index (κ1) is 27.6. The van der Waals surface area contributed by atoms with Crippen molar-refractivity contribution in [1.29, 1.82) is 0 Å². The molecule has 1 N–H and O–H groups in total. The molecule has 0 fully saturated rings. The Labute approximate surface area is 243 Å². The Morgan fingerprint density at radius 3 is 2.27 bits per heavy atom. The van der Waals surface area contributed by atoms with E-state index < -0.39 is 6.04 Å². The number of amides is 3. The maximum Gasteiger partial charge on any atom is 0.259 e. The van der Waals surface area contributed by atoms with Gasteiger partial charge in [0.05, 0.1) is 5.69 Å². The van der Waals surface area contributed by atoms with Crippen LogP contribution in [0.15, 0.2) is 95.5 Å². The molecule has 204 valence electrons. The van der Waals surface area contributed by atoms with E-state index in [4.69, 9.17) is 0 Å². The second-order valence-electron chi connectivity index (χ2n) is 10.6. The monoisotopic (exact) mass is 597 g/mol. The number of anilines is 1. The Balaban J connectivity index is 1.50. The lowest BCUT2D eigenvalue weighted by atomic mass is 10.0. The number of carbonyl (C=O) groups excluding carboxylic acids is 3. The van der Waals surface area contributed by atoms with Crippen LogP contribution < -0.4 is 10.2 Å². The molecule has 0 radical (unpaired) electrons. The molecule has 0 bridgehead atoms. The molecular formula is C33H32BrN3O3. The second kappa shape index (κ2) is 12.0. The number of nitrogens with one attached hydrogen (secondary N) is 1. The third-order valence-electron chi connectivity index (χ3n) is 7.16. The van der Waals surface area contributed by atoms with Gasteiger partial charge in [-0.3, -0.25) is 19.3 Å². The average molecular weight is 599 g/mol. The summed E-state index contributed by atoms with van der Waals surface area (Å²) < 4.78 is 0.929. The van der Waals surface area contributed by atoms with Crippen molar-refractivity contribution in [2.24, 2.45) is 5.92 Å². The fourth-order valence-electron chi connectivity index (χ4n) is 5.13. The Morgan fingerprint density at radius 2 is 1.57 bits per heavy atom. The Hall–Kier alpha value is -3.97. The average Bonchev–Trinajstić information content (AvgIpc) is 3.23. The Morgan fingerprint density at radius 1 is 0.875 bits per heavy atom. The highest BCUT2D eigenvalue weighted by molar-refractivity contribution is 9.10. The van der Waals surface area contributed by atoms with Crippen molar-refractivity contribution < 1.29 is 14.4 Å². The lowest BCUT2D eigenvalue weighted by Crippen LogP contribution is -2.53. The van der Waals surface area contributed by atoms with Crippen molar-refractivity contribution in [1.82, 2.24) is 10.2 Å². The third kappa shape index (κ3) is 5.94. The SMILES string of the molecule is CC(C)CNC(=O)[C@H](Cc1ccccc1)N(Cc1ccc(Br)cc1)C(=O)CN1C(=O)c2cccc3cccc1c23. The summed E-state index contributed by atoms with van der Waals surface area (Å²) in [6.07, 6.45) is 0.358. The Bertz CT molecular complexity index is 1530. The van der Waals surface area contributed by atoms with Crippen molar-refractivity contribution in [3.05, 3.63) is 112 Å². The summed E-state index contributed by atoms with van der Waals surface area (Å²) in [6.45, 7) is 4.65. The summed E-state index contributed by atoms with van der Waals surface area (Å²) in [5, 5.41) is 4.86.